The molecule has 1 saturated carbocycles. The van der Waals surface area contributed by atoms with Crippen molar-refractivity contribution in [2.45, 2.75) is 51.9 Å². The maximum atomic E-state index is 14.6. The molecule has 206 valence electrons. The predicted molar refractivity (Wildman–Crippen MR) is 147 cm³/mol. The number of esters is 2. The van der Waals surface area contributed by atoms with Crippen molar-refractivity contribution in [2.24, 2.45) is 5.41 Å². The van der Waals surface area contributed by atoms with Crippen LogP contribution >= 0.6 is 0 Å². The van der Waals surface area contributed by atoms with Crippen LogP contribution < -0.4 is 4.74 Å². The second-order valence-corrected chi connectivity index (χ2v) is 10.4. The molecule has 0 bridgehead atoms. The Hall–Kier alpha value is -4.26. The number of rotatable bonds is 8. The van der Waals surface area contributed by atoms with Gasteiger partial charge in [-0.05, 0) is 54.5 Å². The van der Waals surface area contributed by atoms with Crippen LogP contribution in [0.5, 0.6) is 5.75 Å². The normalized spacial score (nSPS) is 18.7. The molecular weight excluding hydrogens is 514 g/mol. The highest BCUT2D eigenvalue weighted by atomic mass is 19.1. The van der Waals surface area contributed by atoms with Crippen LogP contribution in [0.2, 0.25) is 0 Å². The average molecular weight is 545 g/mol. The third kappa shape index (κ3) is 6.14. The highest BCUT2D eigenvalue weighted by Crippen LogP contribution is 2.39. The van der Waals surface area contributed by atoms with E-state index in [1.807, 2.05) is 55.5 Å². The van der Waals surface area contributed by atoms with Gasteiger partial charge in [0, 0.05) is 12.1 Å². The van der Waals surface area contributed by atoms with Crippen molar-refractivity contribution < 1.29 is 32.6 Å². The zero-order valence-corrected chi connectivity index (χ0v) is 22.2. The minimum absolute atomic E-state index is 0.0372. The summed E-state index contributed by atoms with van der Waals surface area (Å²) in [6.07, 6.45) is 1.53. The summed E-state index contributed by atoms with van der Waals surface area (Å²) in [5, 5.41) is 2.13. The maximum absolute atomic E-state index is 14.6. The Morgan fingerprint density at radius 2 is 1.52 bits per heavy atom. The van der Waals surface area contributed by atoms with Crippen molar-refractivity contribution in [3.8, 4) is 5.75 Å². The van der Waals surface area contributed by atoms with Gasteiger partial charge in [-0.15, -0.1) is 0 Å². The van der Waals surface area contributed by atoms with Gasteiger partial charge in [-0.25, -0.2) is 13.6 Å². The summed E-state index contributed by atoms with van der Waals surface area (Å²) >= 11 is 0. The van der Waals surface area contributed by atoms with E-state index in [1.54, 1.807) is 24.3 Å². The molecule has 0 N–H and O–H groups in total. The van der Waals surface area contributed by atoms with Crippen molar-refractivity contribution in [1.29, 1.82) is 0 Å². The van der Waals surface area contributed by atoms with Gasteiger partial charge in [0.25, 0.3) is 0 Å². The topological polar surface area (TPSA) is 61.8 Å². The molecule has 1 aliphatic carbocycles. The van der Waals surface area contributed by atoms with Crippen LogP contribution in [0, 0.1) is 17.0 Å². The van der Waals surface area contributed by atoms with E-state index in [9.17, 15) is 18.4 Å². The Labute approximate surface area is 231 Å². The number of fused-ring (bicyclic) bond motifs is 1. The summed E-state index contributed by atoms with van der Waals surface area (Å²) in [6.45, 7) is 2.01. The highest BCUT2D eigenvalue weighted by molar-refractivity contribution is 5.90. The number of carbonyl (C=O) groups excluding carboxylic acids is 2. The van der Waals surface area contributed by atoms with Gasteiger partial charge in [0.2, 0.25) is 0 Å². The minimum atomic E-state index is -1.02. The van der Waals surface area contributed by atoms with Crippen LogP contribution in [0.25, 0.3) is 10.8 Å². The second-order valence-electron chi connectivity index (χ2n) is 10.4. The van der Waals surface area contributed by atoms with Gasteiger partial charge in [-0.1, -0.05) is 72.8 Å². The first kappa shape index (κ1) is 27.3. The van der Waals surface area contributed by atoms with E-state index in [0.29, 0.717) is 31.7 Å². The third-order valence-corrected chi connectivity index (χ3v) is 7.52. The number of ether oxygens (including phenoxy) is 3. The van der Waals surface area contributed by atoms with Crippen molar-refractivity contribution in [3.63, 3.8) is 0 Å². The van der Waals surface area contributed by atoms with Gasteiger partial charge >= 0.3 is 11.9 Å². The molecule has 0 atom stereocenters. The Bertz CT molecular complexity index is 1510. The van der Waals surface area contributed by atoms with E-state index >= 15 is 0 Å². The molecule has 0 radical (unpaired) electrons. The Kier molecular flexibility index (Phi) is 8.10. The molecule has 0 spiro atoms. The molecule has 0 heterocycles. The fourth-order valence-corrected chi connectivity index (χ4v) is 5.04. The standard InChI is InChI=1S/C33H30F2O5/c1-33(32(37)39-21-24-12-7-11-23-10-5-6-13-26(23)24)16-14-25(15-17-33)40-30-18-27(28(34)19-29(30)35)31(36)38-20-22-8-3-2-4-9-22/h2-13,18-19,25H,14-17,20-21H2,1H3. The van der Waals surface area contributed by atoms with Gasteiger partial charge in [-0.2, -0.15) is 0 Å². The van der Waals surface area contributed by atoms with E-state index in [2.05, 4.69) is 0 Å². The first-order chi connectivity index (χ1) is 19.3. The molecule has 0 aliphatic heterocycles. The zero-order valence-electron chi connectivity index (χ0n) is 22.2. The Morgan fingerprint density at radius 3 is 2.30 bits per heavy atom. The van der Waals surface area contributed by atoms with E-state index < -0.39 is 34.7 Å². The van der Waals surface area contributed by atoms with E-state index in [4.69, 9.17) is 14.2 Å². The molecule has 4 aromatic carbocycles. The number of hydrogen-bond donors (Lipinski definition) is 0. The van der Waals surface area contributed by atoms with Crippen LogP contribution in [-0.2, 0) is 27.5 Å². The minimum Gasteiger partial charge on any atom is -0.487 e. The van der Waals surface area contributed by atoms with Crippen molar-refractivity contribution >= 4 is 22.7 Å². The SMILES string of the molecule is CC1(C(=O)OCc2cccc3ccccc23)CCC(Oc2cc(C(=O)OCc3ccccc3)c(F)cc2F)CC1. The smallest absolute Gasteiger partial charge is 0.341 e. The molecule has 1 aliphatic rings. The van der Waals surface area contributed by atoms with Crippen LogP contribution in [-0.4, -0.2) is 18.0 Å². The quantitative estimate of drug-likeness (QED) is 0.214. The first-order valence-corrected chi connectivity index (χ1v) is 13.3. The first-order valence-electron chi connectivity index (χ1n) is 13.3. The monoisotopic (exact) mass is 544 g/mol. The fourth-order valence-electron chi connectivity index (χ4n) is 5.04. The summed E-state index contributed by atoms with van der Waals surface area (Å²) in [5.74, 6) is -3.33. The fraction of sp³-hybridized carbons (Fsp3) is 0.273. The summed E-state index contributed by atoms with van der Waals surface area (Å²) in [7, 11) is 0. The molecule has 4 aromatic rings. The summed E-state index contributed by atoms with van der Waals surface area (Å²) in [4.78, 5) is 25.6. The lowest BCUT2D eigenvalue weighted by molar-refractivity contribution is -0.159. The molecule has 40 heavy (non-hydrogen) atoms. The largest absolute Gasteiger partial charge is 0.487 e. The predicted octanol–water partition coefficient (Wildman–Crippen LogP) is 7.55. The maximum Gasteiger partial charge on any atom is 0.341 e. The molecule has 0 unspecified atom stereocenters. The van der Waals surface area contributed by atoms with E-state index in [1.165, 1.54) is 0 Å². The lowest BCUT2D eigenvalue weighted by Crippen LogP contribution is -2.37. The Morgan fingerprint density at radius 1 is 0.825 bits per heavy atom. The average Bonchev–Trinajstić information content (AvgIpc) is 2.97. The third-order valence-electron chi connectivity index (χ3n) is 7.52. The summed E-state index contributed by atoms with van der Waals surface area (Å²) in [6, 6.07) is 24.5. The number of halogens is 2. The molecule has 5 rings (SSSR count). The van der Waals surface area contributed by atoms with Gasteiger partial charge in [-0.3, -0.25) is 4.79 Å². The molecule has 7 heteroatoms. The lowest BCUT2D eigenvalue weighted by Gasteiger charge is -2.35. The molecule has 1 fully saturated rings. The van der Waals surface area contributed by atoms with Gasteiger partial charge < -0.3 is 14.2 Å². The van der Waals surface area contributed by atoms with Gasteiger partial charge in [0.1, 0.15) is 19.0 Å². The Balaban J connectivity index is 1.17. The molecule has 0 amide bonds. The van der Waals surface area contributed by atoms with Crippen molar-refractivity contribution in [2.75, 3.05) is 0 Å². The van der Waals surface area contributed by atoms with Gasteiger partial charge in [0.15, 0.2) is 11.6 Å². The molecule has 0 aromatic heterocycles. The van der Waals surface area contributed by atoms with E-state index in [-0.39, 0.29) is 24.9 Å². The highest BCUT2D eigenvalue weighted by Gasteiger charge is 2.40. The van der Waals surface area contributed by atoms with Crippen molar-refractivity contribution in [1.82, 2.24) is 0 Å². The number of carbonyl (C=O) groups is 2. The number of hydrogen-bond acceptors (Lipinski definition) is 5. The molecule has 5 nitrogen and oxygen atoms in total. The molecular formula is C33H30F2O5. The van der Waals surface area contributed by atoms with Crippen LogP contribution in [0.1, 0.15) is 54.1 Å². The van der Waals surface area contributed by atoms with E-state index in [0.717, 1.165) is 28.0 Å². The zero-order chi connectivity index (χ0) is 28.1. The number of benzene rings is 4. The van der Waals surface area contributed by atoms with Gasteiger partial charge in [0.05, 0.1) is 17.1 Å². The second kappa shape index (κ2) is 11.9. The van der Waals surface area contributed by atoms with Crippen molar-refractivity contribution in [3.05, 3.63) is 113 Å². The van der Waals surface area contributed by atoms with Crippen LogP contribution in [0.15, 0.2) is 84.9 Å². The summed E-state index contributed by atoms with van der Waals surface area (Å²) < 4.78 is 45.7. The molecule has 0 saturated heterocycles. The van der Waals surface area contributed by atoms with Crippen LogP contribution in [0.4, 0.5) is 8.78 Å². The lowest BCUT2D eigenvalue weighted by atomic mass is 9.74. The van der Waals surface area contributed by atoms with Crippen LogP contribution in [0.3, 0.4) is 0 Å². The summed E-state index contributed by atoms with van der Waals surface area (Å²) in [5.41, 5.74) is 0.593.